The van der Waals surface area contributed by atoms with Gasteiger partial charge in [0.05, 0.1) is 20.3 Å². The van der Waals surface area contributed by atoms with Gasteiger partial charge < -0.3 is 14.4 Å². The minimum Gasteiger partial charge on any atom is -0.493 e. The van der Waals surface area contributed by atoms with Crippen LogP contribution in [-0.4, -0.2) is 36.6 Å². The van der Waals surface area contributed by atoms with Crippen molar-refractivity contribution in [1.82, 2.24) is 9.88 Å². The number of likely N-dealkylation sites (tertiary alicyclic amines) is 1. The monoisotopic (exact) mass is 318 g/mol. The average molecular weight is 318 g/mol. The Labute approximate surface area is 133 Å². The van der Waals surface area contributed by atoms with Gasteiger partial charge in [0.2, 0.25) is 0 Å². The topological polar surface area (TPSA) is 51.7 Å². The van der Waals surface area contributed by atoms with Gasteiger partial charge in [0.1, 0.15) is 5.01 Å². The molecule has 0 radical (unpaired) electrons. The van der Waals surface area contributed by atoms with E-state index in [1.807, 2.05) is 10.3 Å². The minimum absolute atomic E-state index is 0.0126. The molecule has 116 valence electrons. The van der Waals surface area contributed by atoms with Crippen LogP contribution in [0.3, 0.4) is 0 Å². The number of hydrogen-bond acceptors (Lipinski definition) is 5. The first kappa shape index (κ1) is 14.8. The zero-order valence-electron chi connectivity index (χ0n) is 12.6. The zero-order valence-corrected chi connectivity index (χ0v) is 13.4. The highest BCUT2D eigenvalue weighted by Crippen LogP contribution is 2.35. The molecule has 1 aliphatic rings. The van der Waals surface area contributed by atoms with E-state index >= 15 is 0 Å². The molecule has 1 amide bonds. The number of aromatic nitrogens is 1. The second-order valence-corrected chi connectivity index (χ2v) is 6.02. The first-order chi connectivity index (χ1) is 10.7. The molecule has 0 N–H and O–H groups in total. The fourth-order valence-corrected chi connectivity index (χ4v) is 3.59. The number of methoxy groups -OCH3 is 2. The molecule has 0 saturated carbocycles. The first-order valence-corrected chi connectivity index (χ1v) is 8.05. The van der Waals surface area contributed by atoms with Gasteiger partial charge >= 0.3 is 0 Å². The van der Waals surface area contributed by atoms with E-state index in [4.69, 9.17) is 9.47 Å². The predicted molar refractivity (Wildman–Crippen MR) is 84.7 cm³/mol. The van der Waals surface area contributed by atoms with Crippen molar-refractivity contribution in [2.24, 2.45) is 0 Å². The van der Waals surface area contributed by atoms with Gasteiger partial charge in [-0.1, -0.05) is 0 Å². The molecular formula is C16H18N2O3S. The van der Waals surface area contributed by atoms with Crippen LogP contribution in [0.5, 0.6) is 11.5 Å². The van der Waals surface area contributed by atoms with E-state index in [9.17, 15) is 4.79 Å². The number of thiazole rings is 1. The number of carbonyl (C=O) groups is 1. The molecule has 22 heavy (non-hydrogen) atoms. The lowest BCUT2D eigenvalue weighted by molar-refractivity contribution is 0.0735. The molecule has 6 heteroatoms. The van der Waals surface area contributed by atoms with Crippen LogP contribution in [-0.2, 0) is 0 Å². The van der Waals surface area contributed by atoms with Crippen molar-refractivity contribution < 1.29 is 14.3 Å². The quantitative estimate of drug-likeness (QED) is 0.869. The van der Waals surface area contributed by atoms with Crippen molar-refractivity contribution in [2.75, 3.05) is 20.8 Å². The summed E-state index contributed by atoms with van der Waals surface area (Å²) in [5.74, 6) is 1.20. The number of nitrogens with zero attached hydrogens (tertiary/aromatic N) is 2. The molecule has 1 aliphatic heterocycles. The highest BCUT2D eigenvalue weighted by atomic mass is 32.1. The van der Waals surface area contributed by atoms with Gasteiger partial charge in [-0.2, -0.15) is 0 Å². The molecule has 1 fully saturated rings. The zero-order chi connectivity index (χ0) is 15.5. The van der Waals surface area contributed by atoms with Crippen molar-refractivity contribution in [3.63, 3.8) is 0 Å². The second kappa shape index (κ2) is 6.36. The molecule has 0 bridgehead atoms. The molecule has 1 saturated heterocycles. The number of rotatable bonds is 4. The van der Waals surface area contributed by atoms with Gasteiger partial charge in [0.25, 0.3) is 5.91 Å². The Morgan fingerprint density at radius 1 is 1.32 bits per heavy atom. The highest BCUT2D eigenvalue weighted by Gasteiger charge is 2.32. The molecule has 1 unspecified atom stereocenters. The van der Waals surface area contributed by atoms with E-state index in [1.165, 1.54) is 0 Å². The fraction of sp³-hybridized carbons (Fsp3) is 0.375. The minimum atomic E-state index is 0.0126. The Bertz CT molecular complexity index is 657. The molecule has 0 spiro atoms. The summed E-state index contributed by atoms with van der Waals surface area (Å²) >= 11 is 1.60. The van der Waals surface area contributed by atoms with Gasteiger partial charge in [-0.15, -0.1) is 11.3 Å². The van der Waals surface area contributed by atoms with Crippen LogP contribution in [0, 0.1) is 0 Å². The average Bonchev–Trinajstić information content (AvgIpc) is 3.23. The lowest BCUT2D eigenvalue weighted by Crippen LogP contribution is -2.30. The summed E-state index contributed by atoms with van der Waals surface area (Å²) in [7, 11) is 3.15. The third-order valence-corrected chi connectivity index (χ3v) is 4.76. The molecule has 1 aromatic heterocycles. The van der Waals surface area contributed by atoms with Gasteiger partial charge in [0, 0.05) is 23.7 Å². The molecule has 5 nitrogen and oxygen atoms in total. The third kappa shape index (κ3) is 2.66. The lowest BCUT2D eigenvalue weighted by atomic mass is 10.1. The summed E-state index contributed by atoms with van der Waals surface area (Å²) in [4.78, 5) is 19.1. The van der Waals surface area contributed by atoms with Crippen LogP contribution >= 0.6 is 11.3 Å². The first-order valence-electron chi connectivity index (χ1n) is 7.17. The number of amides is 1. The van der Waals surface area contributed by atoms with Gasteiger partial charge in [0.15, 0.2) is 11.5 Å². The van der Waals surface area contributed by atoms with Gasteiger partial charge in [-0.3, -0.25) is 4.79 Å². The van der Waals surface area contributed by atoms with Gasteiger partial charge in [-0.25, -0.2) is 4.98 Å². The van der Waals surface area contributed by atoms with Crippen LogP contribution in [0.1, 0.15) is 34.2 Å². The highest BCUT2D eigenvalue weighted by molar-refractivity contribution is 7.09. The molecule has 0 aliphatic carbocycles. The number of ether oxygens (including phenoxy) is 2. The van der Waals surface area contributed by atoms with Crippen LogP contribution in [0.15, 0.2) is 29.8 Å². The van der Waals surface area contributed by atoms with E-state index in [2.05, 4.69) is 4.98 Å². The number of benzene rings is 1. The molecule has 2 heterocycles. The fourth-order valence-electron chi connectivity index (χ4n) is 2.80. The normalized spacial score (nSPS) is 17.5. The predicted octanol–water partition coefficient (Wildman–Crippen LogP) is 3.14. The Balaban J connectivity index is 1.87. The van der Waals surface area contributed by atoms with Crippen LogP contribution in [0.4, 0.5) is 0 Å². The maximum atomic E-state index is 12.8. The number of hydrogen-bond donors (Lipinski definition) is 0. The van der Waals surface area contributed by atoms with Crippen molar-refractivity contribution in [3.8, 4) is 11.5 Å². The summed E-state index contributed by atoms with van der Waals surface area (Å²) in [6.45, 7) is 0.761. The van der Waals surface area contributed by atoms with Crippen LogP contribution in [0.25, 0.3) is 0 Å². The number of carbonyl (C=O) groups excluding carboxylic acids is 1. The van der Waals surface area contributed by atoms with Crippen molar-refractivity contribution in [3.05, 3.63) is 40.3 Å². The Morgan fingerprint density at radius 3 is 2.82 bits per heavy atom. The summed E-state index contributed by atoms with van der Waals surface area (Å²) in [6, 6.07) is 5.36. The maximum Gasteiger partial charge on any atom is 0.254 e. The largest absolute Gasteiger partial charge is 0.493 e. The summed E-state index contributed by atoms with van der Waals surface area (Å²) in [5, 5.41) is 2.96. The Kier molecular flexibility index (Phi) is 4.29. The van der Waals surface area contributed by atoms with Crippen LogP contribution in [0.2, 0.25) is 0 Å². The second-order valence-electron chi connectivity index (χ2n) is 5.10. The molecule has 2 aromatic rings. The third-order valence-electron chi connectivity index (χ3n) is 3.88. The van der Waals surface area contributed by atoms with Crippen molar-refractivity contribution in [2.45, 2.75) is 18.9 Å². The van der Waals surface area contributed by atoms with Gasteiger partial charge in [-0.05, 0) is 31.0 Å². The molecule has 3 rings (SSSR count). The van der Waals surface area contributed by atoms with E-state index in [-0.39, 0.29) is 11.9 Å². The molecule has 1 atom stereocenters. The summed E-state index contributed by atoms with van der Waals surface area (Å²) in [6.07, 6.45) is 3.76. The van der Waals surface area contributed by atoms with Crippen LogP contribution < -0.4 is 9.47 Å². The van der Waals surface area contributed by atoms with Crippen molar-refractivity contribution in [1.29, 1.82) is 0 Å². The van der Waals surface area contributed by atoms with Crippen molar-refractivity contribution >= 4 is 17.2 Å². The van der Waals surface area contributed by atoms with E-state index in [0.717, 1.165) is 24.4 Å². The molecule has 1 aromatic carbocycles. The molecular weight excluding hydrogens is 300 g/mol. The smallest absolute Gasteiger partial charge is 0.254 e. The lowest BCUT2D eigenvalue weighted by Gasteiger charge is -2.23. The summed E-state index contributed by atoms with van der Waals surface area (Å²) < 4.78 is 10.5. The standard InChI is InChI=1S/C16H18N2O3S/c1-20-13-6-5-11(10-14(13)21-2)16(19)18-8-3-4-12(18)15-17-7-9-22-15/h5-7,9-10,12H,3-4,8H2,1-2H3. The Hall–Kier alpha value is -2.08. The van der Waals surface area contributed by atoms with E-state index in [0.29, 0.717) is 17.1 Å². The van der Waals surface area contributed by atoms with E-state index < -0.39 is 0 Å². The van der Waals surface area contributed by atoms with E-state index in [1.54, 1.807) is 50.0 Å². The maximum absolute atomic E-state index is 12.8. The SMILES string of the molecule is COc1ccc(C(=O)N2CCCC2c2nccs2)cc1OC. The summed E-state index contributed by atoms with van der Waals surface area (Å²) in [5.41, 5.74) is 0.612. The Morgan fingerprint density at radius 2 is 2.14 bits per heavy atom.